The van der Waals surface area contributed by atoms with Crippen molar-refractivity contribution in [1.29, 1.82) is 0 Å². The van der Waals surface area contributed by atoms with Gasteiger partial charge in [-0.1, -0.05) is 0 Å². The first-order chi connectivity index (χ1) is 6.72. The van der Waals surface area contributed by atoms with Crippen LogP contribution in [0.5, 0.6) is 0 Å². The van der Waals surface area contributed by atoms with Crippen molar-refractivity contribution in [3.63, 3.8) is 0 Å². The zero-order chi connectivity index (χ0) is 11.8. The van der Waals surface area contributed by atoms with Gasteiger partial charge in [-0.15, -0.1) is 0 Å². The van der Waals surface area contributed by atoms with Crippen LogP contribution >= 0.6 is 7.82 Å². The first kappa shape index (κ1) is 13.0. The molecule has 8 nitrogen and oxygen atoms in total. The lowest BCUT2D eigenvalue weighted by Crippen LogP contribution is -2.37. The molecule has 0 bridgehead atoms. The maximum Gasteiger partial charge on any atom is 0.472 e. The van der Waals surface area contributed by atoms with E-state index in [1.807, 2.05) is 0 Å². The van der Waals surface area contributed by atoms with Gasteiger partial charge in [0.05, 0.1) is 6.10 Å². The first-order valence-corrected chi connectivity index (χ1v) is 5.69. The molecule has 1 fully saturated rings. The molecule has 0 aliphatic carbocycles. The maximum absolute atomic E-state index is 10.5. The molecule has 1 rings (SSSR count). The smallest absolute Gasteiger partial charge is 0.391 e. The van der Waals surface area contributed by atoms with E-state index in [1.165, 1.54) is 6.92 Å². The molecular weight excluding hydrogens is 231 g/mol. The van der Waals surface area contributed by atoms with Crippen molar-refractivity contribution >= 4 is 7.82 Å². The summed E-state index contributed by atoms with van der Waals surface area (Å²) in [6.07, 6.45) is -6.96. The number of phosphoric ester groups is 1. The minimum absolute atomic E-state index is 1.10. The number of ether oxygens (including phenoxy) is 1. The number of aliphatic hydroxyl groups excluding tert-OH is 3. The summed E-state index contributed by atoms with van der Waals surface area (Å²) in [7, 11) is -4.81. The Morgan fingerprint density at radius 2 is 1.87 bits per heavy atom. The average molecular weight is 244 g/mol. The second-order valence-corrected chi connectivity index (χ2v) is 4.48. The normalized spacial score (nSPS) is 39.3. The van der Waals surface area contributed by atoms with Crippen molar-refractivity contribution < 1.29 is 38.9 Å². The van der Waals surface area contributed by atoms with E-state index in [0.29, 0.717) is 0 Å². The molecular formula is C6H13O8P. The van der Waals surface area contributed by atoms with Crippen LogP contribution in [0.4, 0.5) is 0 Å². The molecule has 5 atom stereocenters. The minimum Gasteiger partial charge on any atom is -0.391 e. The largest absolute Gasteiger partial charge is 0.472 e. The SMILES string of the molecule is C[C@H](O)[C@@H]1O[C@H](OP(=O)(O)O)[C@H](O)[C@H]1O. The zero-order valence-electron chi connectivity index (χ0n) is 7.79. The van der Waals surface area contributed by atoms with E-state index in [2.05, 4.69) is 4.52 Å². The van der Waals surface area contributed by atoms with Crippen molar-refractivity contribution in [2.75, 3.05) is 0 Å². The first-order valence-electron chi connectivity index (χ1n) is 4.16. The van der Waals surface area contributed by atoms with Crippen LogP contribution in [0, 0.1) is 0 Å². The molecule has 1 aliphatic rings. The zero-order valence-corrected chi connectivity index (χ0v) is 8.69. The van der Waals surface area contributed by atoms with Gasteiger partial charge < -0.3 is 29.8 Å². The van der Waals surface area contributed by atoms with Gasteiger partial charge in [0.15, 0.2) is 6.29 Å². The Morgan fingerprint density at radius 1 is 1.33 bits per heavy atom. The molecule has 90 valence electrons. The molecule has 15 heavy (non-hydrogen) atoms. The topological polar surface area (TPSA) is 137 Å². The molecule has 0 aromatic carbocycles. The second kappa shape index (κ2) is 4.44. The molecule has 0 spiro atoms. The van der Waals surface area contributed by atoms with Gasteiger partial charge in [-0.25, -0.2) is 4.57 Å². The summed E-state index contributed by atoms with van der Waals surface area (Å²) in [6.45, 7) is 1.31. The van der Waals surface area contributed by atoms with Gasteiger partial charge >= 0.3 is 7.82 Å². The lowest BCUT2D eigenvalue weighted by molar-refractivity contribution is -0.137. The van der Waals surface area contributed by atoms with E-state index in [9.17, 15) is 14.8 Å². The van der Waals surface area contributed by atoms with Crippen LogP contribution in [0.1, 0.15) is 6.92 Å². The summed E-state index contributed by atoms with van der Waals surface area (Å²) in [5.41, 5.74) is 0. The van der Waals surface area contributed by atoms with Gasteiger partial charge in [-0.2, -0.15) is 0 Å². The number of aliphatic hydroxyl groups is 3. The van der Waals surface area contributed by atoms with Gasteiger partial charge in [0, 0.05) is 0 Å². The lowest BCUT2D eigenvalue weighted by Gasteiger charge is -2.16. The van der Waals surface area contributed by atoms with Crippen molar-refractivity contribution in [2.45, 2.75) is 37.6 Å². The fourth-order valence-electron chi connectivity index (χ4n) is 1.29. The summed E-state index contributed by atoms with van der Waals surface area (Å²) in [5.74, 6) is 0. The molecule has 0 aromatic heterocycles. The van der Waals surface area contributed by atoms with E-state index in [0.717, 1.165) is 0 Å². The van der Waals surface area contributed by atoms with Crippen LogP contribution in [0.25, 0.3) is 0 Å². The molecule has 1 heterocycles. The Labute approximate surface area is 85.3 Å². The van der Waals surface area contributed by atoms with Crippen LogP contribution in [0.3, 0.4) is 0 Å². The number of hydrogen-bond donors (Lipinski definition) is 5. The summed E-state index contributed by atoms with van der Waals surface area (Å²) in [4.78, 5) is 16.9. The highest BCUT2D eigenvalue weighted by molar-refractivity contribution is 7.46. The number of rotatable bonds is 3. The third-order valence-electron chi connectivity index (χ3n) is 1.97. The van der Waals surface area contributed by atoms with Crippen molar-refractivity contribution in [2.24, 2.45) is 0 Å². The van der Waals surface area contributed by atoms with Gasteiger partial charge in [0.2, 0.25) is 0 Å². The predicted octanol–water partition coefficient (Wildman–Crippen LogP) is -2.08. The van der Waals surface area contributed by atoms with Gasteiger partial charge in [0.25, 0.3) is 0 Å². The molecule has 1 aliphatic heterocycles. The molecule has 1 saturated heterocycles. The van der Waals surface area contributed by atoms with Gasteiger partial charge in [-0.05, 0) is 6.92 Å². The number of hydrogen-bond acceptors (Lipinski definition) is 6. The highest BCUT2D eigenvalue weighted by atomic mass is 31.2. The fourth-order valence-corrected chi connectivity index (χ4v) is 1.74. The fraction of sp³-hybridized carbons (Fsp3) is 1.00. The quantitative estimate of drug-likeness (QED) is 0.357. The van der Waals surface area contributed by atoms with Crippen molar-refractivity contribution in [1.82, 2.24) is 0 Å². The summed E-state index contributed by atoms with van der Waals surface area (Å²) >= 11 is 0. The van der Waals surface area contributed by atoms with Crippen molar-refractivity contribution in [3.05, 3.63) is 0 Å². The van der Waals surface area contributed by atoms with E-state index >= 15 is 0 Å². The van der Waals surface area contributed by atoms with Gasteiger partial charge in [-0.3, -0.25) is 4.52 Å². The van der Waals surface area contributed by atoms with E-state index in [1.54, 1.807) is 0 Å². The number of phosphoric acid groups is 1. The molecule has 0 amide bonds. The highest BCUT2D eigenvalue weighted by Gasteiger charge is 2.47. The molecule has 0 radical (unpaired) electrons. The Hall–Kier alpha value is -0.0500. The third-order valence-corrected chi connectivity index (χ3v) is 2.46. The lowest BCUT2D eigenvalue weighted by atomic mass is 10.1. The van der Waals surface area contributed by atoms with Crippen LogP contribution in [0.2, 0.25) is 0 Å². The monoisotopic (exact) mass is 244 g/mol. The van der Waals surface area contributed by atoms with Crippen LogP contribution in [-0.2, 0) is 13.8 Å². The molecule has 5 N–H and O–H groups in total. The minimum atomic E-state index is -4.81. The average Bonchev–Trinajstić information content (AvgIpc) is 2.30. The second-order valence-electron chi connectivity index (χ2n) is 3.29. The highest BCUT2D eigenvalue weighted by Crippen LogP contribution is 2.41. The van der Waals surface area contributed by atoms with Gasteiger partial charge in [0.1, 0.15) is 18.3 Å². The van der Waals surface area contributed by atoms with Crippen LogP contribution in [-0.4, -0.2) is 55.8 Å². The molecule has 9 heteroatoms. The predicted molar refractivity (Wildman–Crippen MR) is 45.5 cm³/mol. The standard InChI is InChI=1S/C6H13O8P/c1-2(7)5-3(8)4(9)6(13-5)14-15(10,11)12/h2-9H,1H3,(H2,10,11,12)/t2-,3+,4+,5-,6+/m0/s1. The van der Waals surface area contributed by atoms with Crippen LogP contribution < -0.4 is 0 Å². The maximum atomic E-state index is 10.5. The van der Waals surface area contributed by atoms with E-state index < -0.39 is 38.5 Å². The Balaban J connectivity index is 2.67. The summed E-state index contributed by atoms with van der Waals surface area (Å²) in [5, 5.41) is 27.7. The summed E-state index contributed by atoms with van der Waals surface area (Å²) < 4.78 is 19.3. The van der Waals surface area contributed by atoms with E-state index in [4.69, 9.17) is 19.6 Å². The van der Waals surface area contributed by atoms with E-state index in [-0.39, 0.29) is 0 Å². The Bertz CT molecular complexity index is 262. The Morgan fingerprint density at radius 3 is 2.20 bits per heavy atom. The molecule has 0 aromatic rings. The molecule has 0 unspecified atom stereocenters. The Kier molecular flexibility index (Phi) is 3.85. The van der Waals surface area contributed by atoms with Crippen molar-refractivity contribution in [3.8, 4) is 0 Å². The third kappa shape index (κ3) is 3.20. The summed E-state index contributed by atoms with van der Waals surface area (Å²) in [6, 6.07) is 0. The molecule has 0 saturated carbocycles. The van der Waals surface area contributed by atoms with Crippen LogP contribution in [0.15, 0.2) is 0 Å².